The highest BCUT2D eigenvalue weighted by Crippen LogP contribution is 2.29. The number of anilines is 1. The lowest BCUT2D eigenvalue weighted by Gasteiger charge is -2.36. The number of sulfone groups is 1. The van der Waals surface area contributed by atoms with Crippen molar-refractivity contribution >= 4 is 56.0 Å². The molecular formula is C26H27Cl2N3O3S2. The van der Waals surface area contributed by atoms with Crippen molar-refractivity contribution in [1.82, 2.24) is 10.2 Å². The van der Waals surface area contributed by atoms with Gasteiger partial charge in [0, 0.05) is 45.3 Å². The summed E-state index contributed by atoms with van der Waals surface area (Å²) in [7, 11) is -3.65. The van der Waals surface area contributed by atoms with E-state index in [1.54, 1.807) is 36.4 Å². The molecule has 1 fully saturated rings. The molecule has 1 aliphatic heterocycles. The van der Waals surface area contributed by atoms with Crippen molar-refractivity contribution in [1.29, 1.82) is 0 Å². The Labute approximate surface area is 225 Å². The number of likely N-dealkylation sites (tertiary alicyclic amines) is 1. The summed E-state index contributed by atoms with van der Waals surface area (Å²) in [5, 5.41) is 6.73. The van der Waals surface area contributed by atoms with E-state index in [1.165, 1.54) is 17.4 Å². The molecule has 36 heavy (non-hydrogen) atoms. The molecule has 10 heteroatoms. The fourth-order valence-corrected chi connectivity index (χ4v) is 7.61. The number of thiophene rings is 1. The number of benzene rings is 2. The third kappa shape index (κ3) is 6.49. The van der Waals surface area contributed by atoms with E-state index in [-0.39, 0.29) is 22.7 Å². The molecule has 0 bridgehead atoms. The van der Waals surface area contributed by atoms with E-state index in [1.807, 2.05) is 29.2 Å². The first-order chi connectivity index (χ1) is 17.3. The summed E-state index contributed by atoms with van der Waals surface area (Å²) in [6.45, 7) is 5.31. The van der Waals surface area contributed by atoms with E-state index in [4.69, 9.17) is 23.2 Å². The third-order valence-corrected chi connectivity index (χ3v) is 10.2. The number of piperidine rings is 1. The molecule has 2 heterocycles. The van der Waals surface area contributed by atoms with Crippen molar-refractivity contribution in [3.05, 3.63) is 93.8 Å². The van der Waals surface area contributed by atoms with Crippen LogP contribution in [0.2, 0.25) is 10.0 Å². The van der Waals surface area contributed by atoms with Crippen molar-refractivity contribution in [3.63, 3.8) is 0 Å². The van der Waals surface area contributed by atoms with Gasteiger partial charge < -0.3 is 10.6 Å². The van der Waals surface area contributed by atoms with Crippen LogP contribution >= 0.6 is 34.5 Å². The standard InChI is InChI=1S/C26H27Cl2N3O3S2/c1-2-24(31-14-12-21(13-15-31)30-22-5-3-4-20(28)16-22)36(33,34)25-11-10-23(35-25)17-29-26(32)18-6-8-19(27)9-7-18/h2-11,16,21,24,30H,1,12-15,17H2,(H,29,32). The Morgan fingerprint density at radius 3 is 2.47 bits per heavy atom. The molecule has 1 aromatic heterocycles. The van der Waals surface area contributed by atoms with Crippen molar-refractivity contribution in [3.8, 4) is 0 Å². The van der Waals surface area contributed by atoms with Crippen molar-refractivity contribution in [2.75, 3.05) is 18.4 Å². The van der Waals surface area contributed by atoms with Crippen LogP contribution in [-0.2, 0) is 16.4 Å². The molecule has 1 atom stereocenters. The molecule has 4 rings (SSSR count). The molecule has 6 nitrogen and oxygen atoms in total. The maximum absolute atomic E-state index is 13.4. The first-order valence-electron chi connectivity index (χ1n) is 11.5. The Bertz CT molecular complexity index is 1320. The van der Waals surface area contributed by atoms with Gasteiger partial charge in [0.25, 0.3) is 5.91 Å². The predicted molar refractivity (Wildman–Crippen MR) is 148 cm³/mol. The Kier molecular flexibility index (Phi) is 8.74. The van der Waals surface area contributed by atoms with Gasteiger partial charge in [-0.1, -0.05) is 35.3 Å². The number of hydrogen-bond acceptors (Lipinski definition) is 6. The Morgan fingerprint density at radius 2 is 1.81 bits per heavy atom. The third-order valence-electron chi connectivity index (χ3n) is 6.05. The lowest BCUT2D eigenvalue weighted by molar-refractivity contribution is 0.0951. The van der Waals surface area contributed by atoms with Crippen LogP contribution in [0.25, 0.3) is 0 Å². The molecule has 1 aliphatic rings. The first kappa shape index (κ1) is 26.7. The minimum atomic E-state index is -3.65. The summed E-state index contributed by atoms with van der Waals surface area (Å²) in [6.07, 6.45) is 3.11. The molecular weight excluding hydrogens is 537 g/mol. The monoisotopic (exact) mass is 563 g/mol. The molecule has 0 radical (unpaired) electrons. The van der Waals surface area contributed by atoms with E-state index >= 15 is 0 Å². The maximum atomic E-state index is 13.4. The smallest absolute Gasteiger partial charge is 0.251 e. The van der Waals surface area contributed by atoms with Gasteiger partial charge in [-0.2, -0.15) is 0 Å². The van der Waals surface area contributed by atoms with Crippen LogP contribution in [0.4, 0.5) is 5.69 Å². The van der Waals surface area contributed by atoms with Crippen molar-refractivity contribution < 1.29 is 13.2 Å². The van der Waals surface area contributed by atoms with Crippen LogP contribution in [0, 0.1) is 0 Å². The summed E-state index contributed by atoms with van der Waals surface area (Å²) < 4.78 is 27.2. The molecule has 2 N–H and O–H groups in total. The largest absolute Gasteiger partial charge is 0.382 e. The zero-order valence-corrected chi connectivity index (χ0v) is 22.6. The molecule has 190 valence electrons. The highest BCUT2D eigenvalue weighted by Gasteiger charge is 2.34. The lowest BCUT2D eigenvalue weighted by Crippen LogP contribution is -2.46. The van der Waals surface area contributed by atoms with Gasteiger partial charge in [0.15, 0.2) is 0 Å². The number of carbonyl (C=O) groups is 1. The molecule has 0 spiro atoms. The number of nitrogens with zero attached hydrogens (tertiary/aromatic N) is 1. The van der Waals surface area contributed by atoms with Crippen LogP contribution < -0.4 is 10.6 Å². The van der Waals surface area contributed by atoms with Gasteiger partial charge in [-0.05, 0) is 67.4 Å². The number of nitrogens with one attached hydrogen (secondary N) is 2. The number of hydrogen-bond donors (Lipinski definition) is 2. The number of halogens is 2. The topological polar surface area (TPSA) is 78.5 Å². The van der Waals surface area contributed by atoms with Crippen LogP contribution in [0.15, 0.2) is 77.5 Å². The van der Waals surface area contributed by atoms with Crippen LogP contribution in [0.3, 0.4) is 0 Å². The molecule has 1 saturated heterocycles. The summed E-state index contributed by atoms with van der Waals surface area (Å²) in [5.74, 6) is -0.248. The van der Waals surface area contributed by atoms with Gasteiger partial charge in [-0.15, -0.1) is 17.9 Å². The average molecular weight is 565 g/mol. The minimum absolute atomic E-state index is 0.237. The zero-order chi connectivity index (χ0) is 25.7. The van der Waals surface area contributed by atoms with E-state index in [2.05, 4.69) is 17.2 Å². The second kappa shape index (κ2) is 11.8. The predicted octanol–water partition coefficient (Wildman–Crippen LogP) is 5.85. The van der Waals surface area contributed by atoms with Gasteiger partial charge in [0.2, 0.25) is 9.84 Å². The van der Waals surface area contributed by atoms with E-state index in [0.29, 0.717) is 28.7 Å². The van der Waals surface area contributed by atoms with E-state index < -0.39 is 15.2 Å². The summed E-state index contributed by atoms with van der Waals surface area (Å²) in [5.41, 5.74) is 1.45. The highest BCUT2D eigenvalue weighted by molar-refractivity contribution is 7.94. The van der Waals surface area contributed by atoms with E-state index in [0.717, 1.165) is 23.4 Å². The quantitative estimate of drug-likeness (QED) is 0.319. The molecule has 3 aromatic rings. The van der Waals surface area contributed by atoms with Gasteiger partial charge in [-0.3, -0.25) is 9.69 Å². The number of carbonyl (C=O) groups excluding carboxylic acids is 1. The average Bonchev–Trinajstić information content (AvgIpc) is 3.35. The minimum Gasteiger partial charge on any atom is -0.382 e. The Balaban J connectivity index is 1.35. The van der Waals surface area contributed by atoms with Gasteiger partial charge in [0.05, 0.1) is 6.54 Å². The van der Waals surface area contributed by atoms with Gasteiger partial charge in [0.1, 0.15) is 9.58 Å². The summed E-state index contributed by atoms with van der Waals surface area (Å²) >= 11 is 13.1. The number of rotatable bonds is 9. The van der Waals surface area contributed by atoms with Crippen LogP contribution in [-0.4, -0.2) is 43.7 Å². The summed E-state index contributed by atoms with van der Waals surface area (Å²) in [4.78, 5) is 15.1. The zero-order valence-electron chi connectivity index (χ0n) is 19.5. The summed E-state index contributed by atoms with van der Waals surface area (Å²) in [6, 6.07) is 17.8. The molecule has 1 unspecified atom stereocenters. The number of amides is 1. The molecule has 2 aromatic carbocycles. The molecule has 0 aliphatic carbocycles. The van der Waals surface area contributed by atoms with Crippen LogP contribution in [0.1, 0.15) is 28.1 Å². The van der Waals surface area contributed by atoms with Crippen LogP contribution in [0.5, 0.6) is 0 Å². The second-order valence-electron chi connectivity index (χ2n) is 8.55. The van der Waals surface area contributed by atoms with Gasteiger partial charge >= 0.3 is 0 Å². The van der Waals surface area contributed by atoms with Crippen molar-refractivity contribution in [2.45, 2.75) is 35.0 Å². The Hall–Kier alpha value is -2.36. The lowest BCUT2D eigenvalue weighted by atomic mass is 10.0. The molecule has 1 amide bonds. The second-order valence-corrected chi connectivity index (χ2v) is 12.9. The normalized spacial score (nSPS) is 15.8. The van der Waals surface area contributed by atoms with Crippen molar-refractivity contribution in [2.24, 2.45) is 0 Å². The SMILES string of the molecule is C=CC(N1CCC(Nc2cccc(Cl)c2)CC1)S(=O)(=O)c1ccc(CNC(=O)c2ccc(Cl)cc2)s1. The van der Waals surface area contributed by atoms with E-state index in [9.17, 15) is 13.2 Å². The maximum Gasteiger partial charge on any atom is 0.251 e. The van der Waals surface area contributed by atoms with Gasteiger partial charge in [-0.25, -0.2) is 8.42 Å². The molecule has 0 saturated carbocycles. The first-order valence-corrected chi connectivity index (χ1v) is 14.6. The Morgan fingerprint density at radius 1 is 1.08 bits per heavy atom. The fraction of sp³-hybridized carbons (Fsp3) is 0.269. The highest BCUT2D eigenvalue weighted by atomic mass is 35.5. The fourth-order valence-electron chi connectivity index (χ4n) is 4.18.